The number of nitrogens with two attached hydrogens (primary N) is 1. The van der Waals surface area contributed by atoms with E-state index < -0.39 is 5.82 Å². The molecule has 27 heavy (non-hydrogen) atoms. The van der Waals surface area contributed by atoms with Crippen LogP contribution in [0, 0.1) is 5.82 Å². The van der Waals surface area contributed by atoms with E-state index in [0.717, 1.165) is 18.7 Å². The van der Waals surface area contributed by atoms with E-state index >= 15 is 0 Å². The molecule has 0 aliphatic heterocycles. The second kappa shape index (κ2) is 13.5. The molecule has 0 atom stereocenters. The number of anilines is 2. The Balaban J connectivity index is 0.000000208. The Hall–Kier alpha value is -1.64. The first-order valence-electron chi connectivity index (χ1n) is 8.77. The molecule has 0 saturated heterocycles. The van der Waals surface area contributed by atoms with Gasteiger partial charge in [0, 0.05) is 23.2 Å². The van der Waals surface area contributed by atoms with E-state index in [1.807, 2.05) is 0 Å². The van der Waals surface area contributed by atoms with Crippen molar-refractivity contribution in [2.75, 3.05) is 17.8 Å². The number of benzene rings is 1. The summed E-state index contributed by atoms with van der Waals surface area (Å²) in [4.78, 5) is 7.39. The number of aromatic nitrogens is 2. The molecule has 1 aromatic heterocycles. The van der Waals surface area contributed by atoms with Crippen molar-refractivity contribution in [3.63, 3.8) is 0 Å². The van der Waals surface area contributed by atoms with Crippen LogP contribution in [0.15, 0.2) is 35.6 Å². The summed E-state index contributed by atoms with van der Waals surface area (Å²) in [6, 6.07) is 4.65. The van der Waals surface area contributed by atoms with Gasteiger partial charge in [0.15, 0.2) is 0 Å². The number of halogens is 3. The second-order valence-corrected chi connectivity index (χ2v) is 6.79. The van der Waals surface area contributed by atoms with Gasteiger partial charge in [0.25, 0.3) is 0 Å². The molecular formula is C18H26ClF2N5S. The number of thiol groups is 1. The van der Waals surface area contributed by atoms with Crippen molar-refractivity contribution in [2.24, 2.45) is 0 Å². The van der Waals surface area contributed by atoms with Crippen LogP contribution in [0.25, 0.3) is 0 Å². The maximum atomic E-state index is 12.6. The van der Waals surface area contributed by atoms with Crippen molar-refractivity contribution in [3.05, 3.63) is 41.6 Å². The molecule has 0 amide bonds. The Morgan fingerprint density at radius 2 is 2.00 bits per heavy atom. The smallest absolute Gasteiger partial charge is 0.138 e. The van der Waals surface area contributed by atoms with Gasteiger partial charge in [0.05, 0.1) is 10.7 Å². The lowest BCUT2D eigenvalue weighted by Crippen LogP contribution is -2.30. The van der Waals surface area contributed by atoms with Crippen molar-refractivity contribution < 1.29 is 8.87 Å². The molecule has 0 radical (unpaired) electrons. The third kappa shape index (κ3) is 9.74. The number of nitrogen functional groups attached to an aromatic ring is 1. The lowest BCUT2D eigenvalue weighted by molar-refractivity contribution is 0.380. The van der Waals surface area contributed by atoms with Crippen LogP contribution < -0.4 is 16.6 Å². The van der Waals surface area contributed by atoms with E-state index in [2.05, 4.69) is 34.8 Å². The molecule has 1 saturated carbocycles. The van der Waals surface area contributed by atoms with Gasteiger partial charge >= 0.3 is 0 Å². The quantitative estimate of drug-likeness (QED) is 0.415. The fourth-order valence-electron chi connectivity index (χ4n) is 2.51. The van der Waals surface area contributed by atoms with Crippen molar-refractivity contribution in [3.8, 4) is 0 Å². The third-order valence-corrected chi connectivity index (χ3v) is 4.50. The summed E-state index contributed by atoms with van der Waals surface area (Å²) in [7, 11) is 0. The molecule has 0 unspecified atom stereocenters. The van der Waals surface area contributed by atoms with Crippen LogP contribution in [-0.4, -0.2) is 22.6 Å². The Labute approximate surface area is 169 Å². The molecule has 1 aliphatic rings. The predicted octanol–water partition coefficient (Wildman–Crippen LogP) is 5.05. The Bertz CT molecular complexity index is 655. The maximum Gasteiger partial charge on any atom is 0.138 e. The Morgan fingerprint density at radius 1 is 1.30 bits per heavy atom. The molecule has 4 N–H and O–H groups in total. The van der Waals surface area contributed by atoms with Crippen molar-refractivity contribution in [1.82, 2.24) is 15.3 Å². The summed E-state index contributed by atoms with van der Waals surface area (Å²) < 4.78 is 24.4. The molecule has 1 aliphatic carbocycles. The molecule has 5 nitrogen and oxygen atoms in total. The Morgan fingerprint density at radius 3 is 2.48 bits per heavy atom. The van der Waals surface area contributed by atoms with Crippen molar-refractivity contribution in [1.29, 1.82) is 0 Å². The summed E-state index contributed by atoms with van der Waals surface area (Å²) in [5.41, 5.74) is 6.37. The molecule has 2 aromatic rings. The van der Waals surface area contributed by atoms with Crippen LogP contribution in [0.5, 0.6) is 0 Å². The van der Waals surface area contributed by atoms with Crippen LogP contribution >= 0.6 is 24.2 Å². The number of nitrogens with zero attached hydrogens (tertiary/aromatic N) is 2. The number of nitrogens with one attached hydrogen (secondary N) is 2. The summed E-state index contributed by atoms with van der Waals surface area (Å²) in [6.45, 7) is 3.33. The lowest BCUT2D eigenvalue weighted by Gasteiger charge is -2.21. The summed E-state index contributed by atoms with van der Waals surface area (Å²) in [5.74, 6) is -0.104. The first-order chi connectivity index (χ1) is 13.0. The molecule has 150 valence electrons. The highest BCUT2D eigenvalue weighted by Gasteiger charge is 2.10. The second-order valence-electron chi connectivity index (χ2n) is 5.90. The number of hydrogen-bond acceptors (Lipinski definition) is 6. The van der Waals surface area contributed by atoms with Crippen LogP contribution in [0.3, 0.4) is 0 Å². The highest BCUT2D eigenvalue weighted by atomic mass is 35.5. The Kier molecular flexibility index (Phi) is 11.7. The van der Waals surface area contributed by atoms with E-state index in [1.165, 1.54) is 50.0 Å². The topological polar surface area (TPSA) is 75.9 Å². The third-order valence-electron chi connectivity index (χ3n) is 3.84. The minimum Gasteiger partial charge on any atom is -0.384 e. The average Bonchev–Trinajstić information content (AvgIpc) is 2.67. The van der Waals surface area contributed by atoms with E-state index in [9.17, 15) is 8.87 Å². The highest BCUT2D eigenvalue weighted by Crippen LogP contribution is 2.27. The summed E-state index contributed by atoms with van der Waals surface area (Å²) in [5, 5.41) is 3.58. The van der Waals surface area contributed by atoms with E-state index in [1.54, 1.807) is 12.3 Å². The van der Waals surface area contributed by atoms with Gasteiger partial charge < -0.3 is 11.1 Å². The zero-order chi connectivity index (χ0) is 20.1. The molecule has 3 rings (SSSR count). The highest BCUT2D eigenvalue weighted by molar-refractivity contribution is 7.80. The van der Waals surface area contributed by atoms with Gasteiger partial charge in [-0.3, -0.25) is 0 Å². The zero-order valence-corrected chi connectivity index (χ0v) is 16.9. The van der Waals surface area contributed by atoms with Gasteiger partial charge in [-0.2, -0.15) is 0 Å². The number of hydrogen-bond donors (Lipinski definition) is 4. The zero-order valence-electron chi connectivity index (χ0n) is 15.3. The van der Waals surface area contributed by atoms with E-state index in [0.29, 0.717) is 5.82 Å². The van der Waals surface area contributed by atoms with Crippen LogP contribution in [0.2, 0.25) is 5.02 Å². The van der Waals surface area contributed by atoms with Crippen LogP contribution in [0.1, 0.15) is 39.0 Å². The minimum atomic E-state index is -0.613. The predicted molar refractivity (Wildman–Crippen MR) is 110 cm³/mol. The molecule has 1 fully saturated rings. The molecule has 0 bridgehead atoms. The van der Waals surface area contributed by atoms with Gasteiger partial charge in [0.1, 0.15) is 18.0 Å². The molecule has 1 aromatic carbocycles. The van der Waals surface area contributed by atoms with Gasteiger partial charge in [-0.1, -0.05) is 37.8 Å². The van der Waals surface area contributed by atoms with Gasteiger partial charge in [-0.25, -0.2) is 19.9 Å². The van der Waals surface area contributed by atoms with Crippen molar-refractivity contribution in [2.45, 2.75) is 50.0 Å². The summed E-state index contributed by atoms with van der Waals surface area (Å²) >= 11 is 9.23. The maximum absolute atomic E-state index is 12.6. The van der Waals surface area contributed by atoms with Crippen molar-refractivity contribution >= 4 is 35.7 Å². The van der Waals surface area contributed by atoms with E-state index in [4.69, 9.17) is 17.3 Å². The van der Waals surface area contributed by atoms with E-state index in [-0.39, 0.29) is 15.6 Å². The normalized spacial score (nSPS) is 13.7. The SMILES string of the molecule is CCNC1CCCCC1.FNc1cc(F)c(S)cc1Cl.Nc1ccncn1. The fourth-order valence-corrected chi connectivity index (χ4v) is 2.97. The van der Waals surface area contributed by atoms with Crippen LogP contribution in [0.4, 0.5) is 20.4 Å². The monoisotopic (exact) mass is 417 g/mol. The standard InChI is InChI=1S/C8H17N.C6H4ClF2NS.C4H5N3/c1-2-9-8-6-4-3-5-7-8;7-3-1-6(11)4(8)2-5(3)10-9;5-4-1-2-6-3-7-4/h8-9H,2-7H2,1H3;1-2,10-11H;1-3H,(H2,5,6,7). The molecule has 1 heterocycles. The first-order valence-corrected chi connectivity index (χ1v) is 9.60. The average molecular weight is 418 g/mol. The fraction of sp³-hybridized carbons (Fsp3) is 0.444. The largest absolute Gasteiger partial charge is 0.384 e. The minimum absolute atomic E-state index is 0.0917. The number of rotatable bonds is 3. The van der Waals surface area contributed by atoms with Crippen LogP contribution in [-0.2, 0) is 0 Å². The first kappa shape index (κ1) is 23.4. The molecule has 9 heteroatoms. The molecular weight excluding hydrogens is 392 g/mol. The summed E-state index contributed by atoms with van der Waals surface area (Å²) in [6.07, 6.45) is 10.2. The molecule has 0 spiro atoms. The van der Waals surface area contributed by atoms with Gasteiger partial charge in [-0.15, -0.1) is 17.1 Å². The van der Waals surface area contributed by atoms with Gasteiger partial charge in [0.2, 0.25) is 0 Å². The van der Waals surface area contributed by atoms with Gasteiger partial charge in [-0.05, 0) is 31.5 Å². The lowest BCUT2D eigenvalue weighted by atomic mass is 9.96.